The highest BCUT2D eigenvalue weighted by atomic mass is 35.5. The Hall–Kier alpha value is -0.840. The maximum Gasteiger partial charge on any atom is 0.246 e. The number of rotatable bonds is 3. The zero-order valence-electron chi connectivity index (χ0n) is 10.0. The molecule has 1 aromatic heterocycles. The molecule has 1 aliphatic heterocycles. The Morgan fingerprint density at radius 1 is 1.61 bits per heavy atom. The highest BCUT2D eigenvalue weighted by molar-refractivity contribution is 7.17. The Morgan fingerprint density at radius 3 is 3.11 bits per heavy atom. The molecule has 1 atom stereocenters. The van der Waals surface area contributed by atoms with Crippen molar-refractivity contribution in [2.75, 3.05) is 19.7 Å². The topological polar surface area (TPSA) is 40.5 Å². The third-order valence-corrected chi connectivity index (χ3v) is 4.27. The minimum absolute atomic E-state index is 0.0117. The van der Waals surface area contributed by atoms with Crippen LogP contribution in [0, 0.1) is 5.92 Å². The van der Waals surface area contributed by atoms with Crippen molar-refractivity contribution in [2.45, 2.75) is 12.8 Å². The largest absolute Gasteiger partial charge is 0.396 e. The molecule has 1 aromatic rings. The lowest BCUT2D eigenvalue weighted by Crippen LogP contribution is -2.40. The van der Waals surface area contributed by atoms with E-state index in [1.807, 2.05) is 12.1 Å². The van der Waals surface area contributed by atoms with E-state index in [1.54, 1.807) is 17.1 Å². The molecule has 1 aliphatic rings. The number of thiophene rings is 1. The van der Waals surface area contributed by atoms with Crippen molar-refractivity contribution in [2.24, 2.45) is 5.92 Å². The van der Waals surface area contributed by atoms with Crippen molar-refractivity contribution in [1.82, 2.24) is 4.90 Å². The second-order valence-corrected chi connectivity index (χ2v) is 6.20. The van der Waals surface area contributed by atoms with Gasteiger partial charge in [0.15, 0.2) is 0 Å². The van der Waals surface area contributed by atoms with E-state index in [1.165, 1.54) is 11.3 Å². The molecule has 0 aliphatic carbocycles. The van der Waals surface area contributed by atoms with Crippen LogP contribution in [0.15, 0.2) is 18.2 Å². The van der Waals surface area contributed by atoms with E-state index < -0.39 is 0 Å². The van der Waals surface area contributed by atoms with Crippen molar-refractivity contribution in [3.05, 3.63) is 27.4 Å². The molecule has 0 bridgehead atoms. The summed E-state index contributed by atoms with van der Waals surface area (Å²) in [6.07, 6.45) is 5.35. The van der Waals surface area contributed by atoms with Gasteiger partial charge in [-0.3, -0.25) is 4.79 Å². The van der Waals surface area contributed by atoms with Crippen LogP contribution < -0.4 is 0 Å². The van der Waals surface area contributed by atoms with Gasteiger partial charge in [0, 0.05) is 30.6 Å². The number of likely N-dealkylation sites (tertiary alicyclic amines) is 1. The normalized spacial score (nSPS) is 20.6. The van der Waals surface area contributed by atoms with Crippen LogP contribution in [0.1, 0.15) is 17.7 Å². The van der Waals surface area contributed by atoms with Crippen molar-refractivity contribution in [3.8, 4) is 0 Å². The van der Waals surface area contributed by atoms with Crippen LogP contribution in [0.4, 0.5) is 0 Å². The first-order chi connectivity index (χ1) is 8.69. The Kier molecular flexibility index (Phi) is 4.80. The van der Waals surface area contributed by atoms with Gasteiger partial charge in [-0.05, 0) is 37.0 Å². The van der Waals surface area contributed by atoms with Crippen LogP contribution in [0.5, 0.6) is 0 Å². The summed E-state index contributed by atoms with van der Waals surface area (Å²) >= 11 is 7.27. The van der Waals surface area contributed by atoms with Gasteiger partial charge in [0.1, 0.15) is 0 Å². The number of halogens is 1. The standard InChI is InChI=1S/C13H16ClNO2S/c14-12-5-3-11(18-12)4-6-13(17)15-7-1-2-10(8-15)9-16/h3-6,10,16H,1-2,7-9H2/b6-4+. The van der Waals surface area contributed by atoms with Crippen molar-refractivity contribution in [1.29, 1.82) is 0 Å². The number of amides is 1. The Bertz CT molecular complexity index is 444. The van der Waals surface area contributed by atoms with Gasteiger partial charge in [-0.25, -0.2) is 0 Å². The summed E-state index contributed by atoms with van der Waals surface area (Å²) in [5.74, 6) is 0.241. The molecule has 1 saturated heterocycles. The molecule has 1 N–H and O–H groups in total. The maximum absolute atomic E-state index is 12.0. The molecule has 3 nitrogen and oxygen atoms in total. The number of nitrogens with zero attached hydrogens (tertiary/aromatic N) is 1. The number of hydrogen-bond acceptors (Lipinski definition) is 3. The fourth-order valence-electron chi connectivity index (χ4n) is 2.09. The quantitative estimate of drug-likeness (QED) is 0.868. The molecule has 1 fully saturated rings. The summed E-state index contributed by atoms with van der Waals surface area (Å²) in [5.41, 5.74) is 0. The zero-order valence-corrected chi connectivity index (χ0v) is 11.6. The van der Waals surface area contributed by atoms with E-state index in [-0.39, 0.29) is 18.4 Å². The van der Waals surface area contributed by atoms with E-state index in [9.17, 15) is 4.79 Å². The summed E-state index contributed by atoms with van der Waals surface area (Å²) in [6, 6.07) is 3.71. The minimum Gasteiger partial charge on any atom is -0.396 e. The van der Waals surface area contributed by atoms with E-state index in [4.69, 9.17) is 16.7 Å². The fourth-order valence-corrected chi connectivity index (χ4v) is 3.05. The van der Waals surface area contributed by atoms with Gasteiger partial charge in [-0.15, -0.1) is 11.3 Å². The number of aliphatic hydroxyl groups is 1. The van der Waals surface area contributed by atoms with Crippen LogP contribution >= 0.6 is 22.9 Å². The predicted molar refractivity (Wildman–Crippen MR) is 74.8 cm³/mol. The summed E-state index contributed by atoms with van der Waals surface area (Å²) in [7, 11) is 0. The van der Waals surface area contributed by atoms with E-state index in [2.05, 4.69) is 0 Å². The lowest BCUT2D eigenvalue weighted by molar-refractivity contribution is -0.127. The SMILES string of the molecule is O=C(/C=C/c1ccc(Cl)s1)N1CCCC(CO)C1. The molecule has 0 spiro atoms. The molecular formula is C13H16ClNO2S. The van der Waals surface area contributed by atoms with Crippen LogP contribution in [0.25, 0.3) is 6.08 Å². The van der Waals surface area contributed by atoms with Crippen LogP contribution in [-0.4, -0.2) is 35.6 Å². The molecule has 98 valence electrons. The van der Waals surface area contributed by atoms with Crippen LogP contribution in [0.3, 0.4) is 0 Å². The molecule has 2 rings (SSSR count). The van der Waals surface area contributed by atoms with Crippen molar-refractivity contribution < 1.29 is 9.90 Å². The Balaban J connectivity index is 1.93. The average molecular weight is 286 g/mol. The third-order valence-electron chi connectivity index (χ3n) is 3.07. The van der Waals surface area contributed by atoms with Crippen LogP contribution in [0.2, 0.25) is 4.34 Å². The molecule has 2 heterocycles. The molecule has 0 radical (unpaired) electrons. The van der Waals surface area contributed by atoms with Crippen molar-refractivity contribution in [3.63, 3.8) is 0 Å². The van der Waals surface area contributed by atoms with E-state index in [0.29, 0.717) is 6.54 Å². The predicted octanol–water partition coefficient (Wildman–Crippen LogP) is 2.65. The second-order valence-electron chi connectivity index (χ2n) is 4.45. The Labute approximate surface area is 116 Å². The summed E-state index contributed by atoms with van der Waals surface area (Å²) < 4.78 is 0.723. The first-order valence-electron chi connectivity index (χ1n) is 6.02. The first-order valence-corrected chi connectivity index (χ1v) is 7.21. The number of carbonyl (C=O) groups excluding carboxylic acids is 1. The van der Waals surface area contributed by atoms with Gasteiger partial charge in [0.05, 0.1) is 4.34 Å². The number of aliphatic hydroxyl groups excluding tert-OH is 1. The molecular weight excluding hydrogens is 270 g/mol. The van der Waals surface area contributed by atoms with Gasteiger partial charge in [-0.2, -0.15) is 0 Å². The highest BCUT2D eigenvalue weighted by Crippen LogP contribution is 2.22. The summed E-state index contributed by atoms with van der Waals surface area (Å²) in [4.78, 5) is 14.7. The van der Waals surface area contributed by atoms with Gasteiger partial charge < -0.3 is 10.0 Å². The third kappa shape index (κ3) is 3.57. The average Bonchev–Trinajstić information content (AvgIpc) is 2.82. The lowest BCUT2D eigenvalue weighted by Gasteiger charge is -2.31. The smallest absolute Gasteiger partial charge is 0.246 e. The summed E-state index contributed by atoms with van der Waals surface area (Å²) in [6.45, 7) is 1.60. The zero-order chi connectivity index (χ0) is 13.0. The fraction of sp³-hybridized carbons (Fsp3) is 0.462. The van der Waals surface area contributed by atoms with Gasteiger partial charge in [0.25, 0.3) is 0 Å². The lowest BCUT2D eigenvalue weighted by atomic mass is 9.99. The van der Waals surface area contributed by atoms with E-state index in [0.717, 1.165) is 28.6 Å². The minimum atomic E-state index is 0.0117. The number of hydrogen-bond donors (Lipinski definition) is 1. The highest BCUT2D eigenvalue weighted by Gasteiger charge is 2.21. The van der Waals surface area contributed by atoms with Gasteiger partial charge >= 0.3 is 0 Å². The molecule has 1 amide bonds. The monoisotopic (exact) mass is 285 g/mol. The molecule has 1 unspecified atom stereocenters. The van der Waals surface area contributed by atoms with Gasteiger partial charge in [-0.1, -0.05) is 11.6 Å². The molecule has 0 aromatic carbocycles. The number of carbonyl (C=O) groups is 1. The first kappa shape index (κ1) is 13.6. The number of piperidine rings is 1. The van der Waals surface area contributed by atoms with Crippen LogP contribution in [-0.2, 0) is 4.79 Å². The Morgan fingerprint density at radius 2 is 2.44 bits per heavy atom. The maximum atomic E-state index is 12.0. The van der Waals surface area contributed by atoms with Crippen molar-refractivity contribution >= 4 is 34.9 Å². The molecule has 0 saturated carbocycles. The van der Waals surface area contributed by atoms with Gasteiger partial charge in [0.2, 0.25) is 5.91 Å². The molecule has 5 heteroatoms. The molecule has 18 heavy (non-hydrogen) atoms. The second kappa shape index (κ2) is 6.36. The van der Waals surface area contributed by atoms with E-state index >= 15 is 0 Å². The summed E-state index contributed by atoms with van der Waals surface area (Å²) in [5, 5.41) is 9.13.